The number of hydrogen-bond acceptors (Lipinski definition) is 3. The summed E-state index contributed by atoms with van der Waals surface area (Å²) in [7, 11) is 0. The zero-order valence-electron chi connectivity index (χ0n) is 12.5. The van der Waals surface area contributed by atoms with Crippen molar-refractivity contribution in [3.8, 4) is 0 Å². The van der Waals surface area contributed by atoms with Gasteiger partial charge in [0.05, 0.1) is 0 Å². The van der Waals surface area contributed by atoms with Crippen LogP contribution in [0.15, 0.2) is 47.8 Å². The van der Waals surface area contributed by atoms with Crippen molar-refractivity contribution in [1.29, 1.82) is 0 Å². The van der Waals surface area contributed by atoms with E-state index in [1.54, 1.807) is 0 Å². The van der Waals surface area contributed by atoms with Gasteiger partial charge in [-0.25, -0.2) is 0 Å². The molecule has 1 unspecified atom stereocenters. The highest BCUT2D eigenvalue weighted by Gasteiger charge is 2.19. The van der Waals surface area contributed by atoms with Crippen LogP contribution in [-0.4, -0.2) is 30.6 Å². The van der Waals surface area contributed by atoms with Crippen molar-refractivity contribution in [1.82, 2.24) is 10.2 Å². The highest BCUT2D eigenvalue weighted by molar-refractivity contribution is 7.09. The van der Waals surface area contributed by atoms with Crippen molar-refractivity contribution in [2.75, 3.05) is 19.6 Å². The van der Waals surface area contributed by atoms with Gasteiger partial charge in [-0.15, -0.1) is 11.3 Å². The van der Waals surface area contributed by atoms with Crippen LogP contribution in [0.25, 0.3) is 0 Å². The summed E-state index contributed by atoms with van der Waals surface area (Å²) in [6.45, 7) is 4.60. The molecule has 1 aliphatic rings. The molecule has 0 saturated carbocycles. The number of nitrogens with one attached hydrogen (secondary N) is 1. The molecule has 3 heteroatoms. The minimum absolute atomic E-state index is 0.655. The van der Waals surface area contributed by atoms with Crippen molar-refractivity contribution < 1.29 is 0 Å². The van der Waals surface area contributed by atoms with E-state index < -0.39 is 0 Å². The van der Waals surface area contributed by atoms with Crippen LogP contribution in [0.2, 0.25) is 0 Å². The third-order valence-corrected chi connectivity index (χ3v) is 5.08. The molecule has 1 fully saturated rings. The van der Waals surface area contributed by atoms with Crippen molar-refractivity contribution in [3.63, 3.8) is 0 Å². The average Bonchev–Trinajstić information content (AvgIpc) is 3.02. The SMILES string of the molecule is c1ccc(CN2CCCC(NCCc3cccs3)C2)cc1. The Labute approximate surface area is 131 Å². The van der Waals surface area contributed by atoms with Gasteiger partial charge in [0.15, 0.2) is 0 Å². The smallest absolute Gasteiger partial charge is 0.0234 e. The lowest BCUT2D eigenvalue weighted by Crippen LogP contribution is -2.45. The van der Waals surface area contributed by atoms with Crippen LogP contribution >= 0.6 is 11.3 Å². The Morgan fingerprint density at radius 1 is 1.14 bits per heavy atom. The molecule has 1 aliphatic heterocycles. The molecule has 0 amide bonds. The Bertz CT molecular complexity index is 509. The maximum Gasteiger partial charge on any atom is 0.0234 e. The maximum atomic E-state index is 3.74. The van der Waals surface area contributed by atoms with E-state index >= 15 is 0 Å². The summed E-state index contributed by atoms with van der Waals surface area (Å²) in [5.74, 6) is 0. The van der Waals surface area contributed by atoms with E-state index in [0.717, 1.165) is 19.5 Å². The molecule has 0 aliphatic carbocycles. The fourth-order valence-electron chi connectivity index (χ4n) is 3.06. The van der Waals surface area contributed by atoms with E-state index in [-0.39, 0.29) is 0 Å². The summed E-state index contributed by atoms with van der Waals surface area (Å²) in [4.78, 5) is 4.07. The second-order valence-corrected chi connectivity index (χ2v) is 6.88. The molecule has 0 bridgehead atoms. The zero-order chi connectivity index (χ0) is 14.3. The highest BCUT2D eigenvalue weighted by Crippen LogP contribution is 2.14. The molecule has 0 radical (unpaired) electrons. The summed E-state index contributed by atoms with van der Waals surface area (Å²) in [5.41, 5.74) is 1.43. The third kappa shape index (κ3) is 4.67. The molecule has 2 aromatic rings. The van der Waals surface area contributed by atoms with E-state index in [0.29, 0.717) is 6.04 Å². The average molecular weight is 300 g/mol. The van der Waals surface area contributed by atoms with E-state index in [1.807, 2.05) is 11.3 Å². The summed E-state index contributed by atoms with van der Waals surface area (Å²) < 4.78 is 0. The largest absolute Gasteiger partial charge is 0.312 e. The molecule has 21 heavy (non-hydrogen) atoms. The topological polar surface area (TPSA) is 15.3 Å². The lowest BCUT2D eigenvalue weighted by Gasteiger charge is -2.33. The van der Waals surface area contributed by atoms with Crippen molar-refractivity contribution in [3.05, 3.63) is 58.3 Å². The second kappa shape index (κ2) is 7.74. The molecule has 2 heterocycles. The summed E-state index contributed by atoms with van der Waals surface area (Å²) >= 11 is 1.86. The first-order valence-electron chi connectivity index (χ1n) is 7.92. The quantitative estimate of drug-likeness (QED) is 0.878. The first-order chi connectivity index (χ1) is 10.4. The number of nitrogens with zero attached hydrogens (tertiary/aromatic N) is 1. The molecular weight excluding hydrogens is 276 g/mol. The van der Waals surface area contributed by atoms with Crippen LogP contribution in [0.5, 0.6) is 0 Å². The number of piperidine rings is 1. The first-order valence-corrected chi connectivity index (χ1v) is 8.80. The zero-order valence-corrected chi connectivity index (χ0v) is 13.3. The van der Waals surface area contributed by atoms with Gasteiger partial charge < -0.3 is 5.32 Å². The van der Waals surface area contributed by atoms with E-state index in [4.69, 9.17) is 0 Å². The summed E-state index contributed by atoms with van der Waals surface area (Å²) in [6, 6.07) is 15.8. The monoisotopic (exact) mass is 300 g/mol. The van der Waals surface area contributed by atoms with Gasteiger partial charge in [-0.2, -0.15) is 0 Å². The van der Waals surface area contributed by atoms with Gasteiger partial charge in [-0.1, -0.05) is 36.4 Å². The van der Waals surface area contributed by atoms with Crippen LogP contribution in [0, 0.1) is 0 Å². The lowest BCUT2D eigenvalue weighted by molar-refractivity contribution is 0.184. The fraction of sp³-hybridized carbons (Fsp3) is 0.444. The lowest BCUT2D eigenvalue weighted by atomic mass is 10.0. The Morgan fingerprint density at radius 3 is 2.86 bits per heavy atom. The number of rotatable bonds is 6. The van der Waals surface area contributed by atoms with Gasteiger partial charge in [-0.05, 0) is 42.8 Å². The molecule has 1 aromatic carbocycles. The van der Waals surface area contributed by atoms with Crippen LogP contribution in [0.4, 0.5) is 0 Å². The van der Waals surface area contributed by atoms with Crippen molar-refractivity contribution >= 4 is 11.3 Å². The van der Waals surface area contributed by atoms with Crippen molar-refractivity contribution in [2.45, 2.75) is 31.8 Å². The molecule has 1 saturated heterocycles. The second-order valence-electron chi connectivity index (χ2n) is 5.84. The van der Waals surface area contributed by atoms with E-state index in [1.165, 1.54) is 36.4 Å². The Morgan fingerprint density at radius 2 is 2.05 bits per heavy atom. The van der Waals surface area contributed by atoms with Gasteiger partial charge >= 0.3 is 0 Å². The predicted octanol–water partition coefficient (Wildman–Crippen LogP) is 3.54. The predicted molar refractivity (Wildman–Crippen MR) is 90.8 cm³/mol. The van der Waals surface area contributed by atoms with E-state index in [9.17, 15) is 0 Å². The van der Waals surface area contributed by atoms with Crippen LogP contribution < -0.4 is 5.32 Å². The molecule has 1 aromatic heterocycles. The van der Waals surface area contributed by atoms with Gasteiger partial charge in [0.1, 0.15) is 0 Å². The molecule has 3 rings (SSSR count). The molecule has 2 nitrogen and oxygen atoms in total. The Hall–Kier alpha value is -1.16. The van der Waals surface area contributed by atoms with Crippen LogP contribution in [0.3, 0.4) is 0 Å². The third-order valence-electron chi connectivity index (χ3n) is 4.14. The fourth-order valence-corrected chi connectivity index (χ4v) is 3.77. The van der Waals surface area contributed by atoms with Gasteiger partial charge in [0.2, 0.25) is 0 Å². The van der Waals surface area contributed by atoms with Gasteiger partial charge in [0, 0.05) is 30.6 Å². The normalized spacial score (nSPS) is 19.7. The van der Waals surface area contributed by atoms with Gasteiger partial charge in [0.25, 0.3) is 0 Å². The first kappa shape index (κ1) is 14.8. The molecule has 1 atom stereocenters. The number of benzene rings is 1. The van der Waals surface area contributed by atoms with Crippen LogP contribution in [0.1, 0.15) is 23.3 Å². The molecule has 112 valence electrons. The van der Waals surface area contributed by atoms with E-state index in [2.05, 4.69) is 58.1 Å². The minimum Gasteiger partial charge on any atom is -0.312 e. The molecule has 0 spiro atoms. The number of hydrogen-bond donors (Lipinski definition) is 1. The van der Waals surface area contributed by atoms with Gasteiger partial charge in [-0.3, -0.25) is 4.90 Å². The molecular formula is C18H24N2S. The standard InChI is InChI=1S/C18H24N2S/c1-2-6-16(7-3-1)14-20-12-4-8-17(15-20)19-11-10-18-9-5-13-21-18/h1-3,5-7,9,13,17,19H,4,8,10-12,14-15H2. The Balaban J connectivity index is 1.42. The highest BCUT2D eigenvalue weighted by atomic mass is 32.1. The minimum atomic E-state index is 0.655. The summed E-state index contributed by atoms with van der Waals surface area (Å²) in [5, 5.41) is 5.90. The summed E-state index contributed by atoms with van der Waals surface area (Å²) in [6.07, 6.45) is 3.78. The maximum absolute atomic E-state index is 3.74. The Kier molecular flexibility index (Phi) is 5.44. The number of thiophene rings is 1. The van der Waals surface area contributed by atoms with Crippen molar-refractivity contribution in [2.24, 2.45) is 0 Å². The number of likely N-dealkylation sites (tertiary alicyclic amines) is 1. The van der Waals surface area contributed by atoms with Crippen LogP contribution in [-0.2, 0) is 13.0 Å². The molecule has 1 N–H and O–H groups in total.